The van der Waals surface area contributed by atoms with Crippen LogP contribution in [0, 0.1) is 0 Å². The van der Waals surface area contributed by atoms with Crippen LogP contribution < -0.4 is 10.6 Å². The first-order valence-electron chi connectivity index (χ1n) is 7.82. The van der Waals surface area contributed by atoms with Crippen molar-refractivity contribution in [3.8, 4) is 0 Å². The third-order valence-corrected chi connectivity index (χ3v) is 3.97. The largest absolute Gasteiger partial charge is 0.356 e. The number of anilines is 1. The molecule has 2 rings (SSSR count). The molecule has 2 nitrogen and oxygen atoms in total. The monoisotopic (exact) mass is 312 g/mol. The highest BCUT2D eigenvalue weighted by Gasteiger charge is 2.11. The third kappa shape index (κ3) is 4.57. The lowest BCUT2D eigenvalue weighted by atomic mass is 9.98. The first-order valence-corrected chi connectivity index (χ1v) is 8.23. The van der Waals surface area contributed by atoms with Gasteiger partial charge in [-0.15, -0.1) is 0 Å². The maximum atomic E-state index is 5.42. The minimum atomic E-state index is 0.227. The Morgan fingerprint density at radius 3 is 2.09 bits per heavy atom. The maximum absolute atomic E-state index is 5.42. The van der Waals surface area contributed by atoms with Gasteiger partial charge in [-0.3, -0.25) is 0 Å². The minimum absolute atomic E-state index is 0.227. The van der Waals surface area contributed by atoms with E-state index in [4.69, 9.17) is 12.2 Å². The van der Waals surface area contributed by atoms with Gasteiger partial charge in [0.15, 0.2) is 5.11 Å². The topological polar surface area (TPSA) is 24.1 Å². The molecule has 0 aromatic heterocycles. The van der Waals surface area contributed by atoms with Crippen LogP contribution in [0.25, 0.3) is 0 Å². The zero-order valence-corrected chi connectivity index (χ0v) is 14.3. The SMILES string of the molecule is CCC(NC(=S)Nc1ccccc1)c1ccc(C(C)C)cc1. The standard InChI is InChI=1S/C19H24N2S/c1-4-18(16-12-10-15(11-13-16)14(2)3)21-19(22)20-17-8-6-5-7-9-17/h5-14,18H,4H2,1-3H3,(H2,20,21,22). The molecule has 3 heteroatoms. The van der Waals surface area contributed by atoms with Gasteiger partial charge in [-0.05, 0) is 47.8 Å². The molecule has 0 aliphatic rings. The third-order valence-electron chi connectivity index (χ3n) is 3.75. The first-order chi connectivity index (χ1) is 10.6. The van der Waals surface area contributed by atoms with E-state index >= 15 is 0 Å². The van der Waals surface area contributed by atoms with Gasteiger partial charge in [-0.2, -0.15) is 0 Å². The molecule has 2 aromatic carbocycles. The van der Waals surface area contributed by atoms with Crippen LogP contribution in [0.5, 0.6) is 0 Å². The molecule has 0 amide bonds. The number of hydrogen-bond donors (Lipinski definition) is 2. The summed E-state index contributed by atoms with van der Waals surface area (Å²) in [5.41, 5.74) is 3.64. The Morgan fingerprint density at radius 2 is 1.55 bits per heavy atom. The lowest BCUT2D eigenvalue weighted by molar-refractivity contribution is 0.628. The molecule has 1 atom stereocenters. The van der Waals surface area contributed by atoms with Gasteiger partial charge < -0.3 is 10.6 Å². The summed E-state index contributed by atoms with van der Waals surface area (Å²) in [5.74, 6) is 0.558. The van der Waals surface area contributed by atoms with E-state index in [-0.39, 0.29) is 6.04 Å². The number of hydrogen-bond acceptors (Lipinski definition) is 1. The summed E-state index contributed by atoms with van der Waals surface area (Å²) in [6.45, 7) is 6.59. The van der Waals surface area contributed by atoms with Crippen molar-refractivity contribution >= 4 is 23.0 Å². The fourth-order valence-corrected chi connectivity index (χ4v) is 2.64. The molecule has 0 saturated carbocycles. The van der Waals surface area contributed by atoms with E-state index < -0.39 is 0 Å². The second-order valence-electron chi connectivity index (χ2n) is 5.75. The van der Waals surface area contributed by atoms with Crippen LogP contribution in [0.3, 0.4) is 0 Å². The van der Waals surface area contributed by atoms with Crippen molar-refractivity contribution in [1.82, 2.24) is 5.32 Å². The molecule has 0 radical (unpaired) electrons. The van der Waals surface area contributed by atoms with Crippen molar-refractivity contribution in [3.63, 3.8) is 0 Å². The number of thiocarbonyl (C=S) groups is 1. The Balaban J connectivity index is 2.00. The number of para-hydroxylation sites is 1. The van der Waals surface area contributed by atoms with Gasteiger partial charge in [0.1, 0.15) is 0 Å². The lowest BCUT2D eigenvalue weighted by Crippen LogP contribution is -2.32. The second-order valence-corrected chi connectivity index (χ2v) is 6.15. The first kappa shape index (κ1) is 16.5. The molecule has 1 unspecified atom stereocenters. The molecule has 22 heavy (non-hydrogen) atoms. The molecule has 0 heterocycles. The number of benzene rings is 2. The van der Waals surface area contributed by atoms with E-state index in [0.717, 1.165) is 12.1 Å². The molecular formula is C19H24N2S. The molecular weight excluding hydrogens is 288 g/mol. The van der Waals surface area contributed by atoms with Gasteiger partial charge in [0, 0.05) is 5.69 Å². The van der Waals surface area contributed by atoms with Gasteiger partial charge in [0.05, 0.1) is 6.04 Å². The molecule has 0 spiro atoms. The van der Waals surface area contributed by atoms with E-state index in [1.165, 1.54) is 11.1 Å². The highest BCUT2D eigenvalue weighted by Crippen LogP contribution is 2.21. The lowest BCUT2D eigenvalue weighted by Gasteiger charge is -2.20. The summed E-state index contributed by atoms with van der Waals surface area (Å²) in [4.78, 5) is 0. The summed E-state index contributed by atoms with van der Waals surface area (Å²) < 4.78 is 0. The van der Waals surface area contributed by atoms with Crippen molar-refractivity contribution in [3.05, 3.63) is 65.7 Å². The number of rotatable bonds is 5. The zero-order chi connectivity index (χ0) is 15.9. The smallest absolute Gasteiger partial charge is 0.171 e. The Bertz CT molecular complexity index is 591. The Hall–Kier alpha value is -1.87. The predicted octanol–water partition coefficient (Wildman–Crippen LogP) is 5.25. The molecule has 2 aromatic rings. The fourth-order valence-electron chi connectivity index (χ4n) is 2.38. The summed E-state index contributed by atoms with van der Waals surface area (Å²) in [6, 6.07) is 19.0. The van der Waals surface area contributed by atoms with Crippen LogP contribution >= 0.6 is 12.2 Å². The number of nitrogens with one attached hydrogen (secondary N) is 2. The fraction of sp³-hybridized carbons (Fsp3) is 0.316. The molecule has 0 aliphatic heterocycles. The van der Waals surface area contributed by atoms with Crippen LogP contribution in [-0.4, -0.2) is 5.11 Å². The average molecular weight is 312 g/mol. The molecule has 0 aliphatic carbocycles. The molecule has 2 N–H and O–H groups in total. The Kier molecular flexibility index (Phi) is 5.96. The van der Waals surface area contributed by atoms with Crippen molar-refractivity contribution in [1.29, 1.82) is 0 Å². The van der Waals surface area contributed by atoms with Gasteiger partial charge >= 0.3 is 0 Å². The van der Waals surface area contributed by atoms with E-state index in [2.05, 4.69) is 55.7 Å². The second kappa shape index (κ2) is 7.95. The summed E-state index contributed by atoms with van der Waals surface area (Å²) in [6.07, 6.45) is 0.984. The summed E-state index contributed by atoms with van der Waals surface area (Å²) in [5, 5.41) is 7.29. The molecule has 0 bridgehead atoms. The van der Waals surface area contributed by atoms with Crippen LogP contribution in [-0.2, 0) is 0 Å². The predicted molar refractivity (Wildman–Crippen MR) is 99.4 cm³/mol. The Morgan fingerprint density at radius 1 is 0.955 bits per heavy atom. The van der Waals surface area contributed by atoms with E-state index in [1.54, 1.807) is 0 Å². The molecule has 0 saturated heterocycles. The van der Waals surface area contributed by atoms with Gasteiger partial charge in [-0.25, -0.2) is 0 Å². The van der Waals surface area contributed by atoms with Gasteiger partial charge in [-0.1, -0.05) is 63.2 Å². The highest BCUT2D eigenvalue weighted by molar-refractivity contribution is 7.80. The molecule has 0 fully saturated rings. The van der Waals surface area contributed by atoms with Crippen LogP contribution in [0.2, 0.25) is 0 Å². The zero-order valence-electron chi connectivity index (χ0n) is 13.5. The average Bonchev–Trinajstić information content (AvgIpc) is 2.53. The van der Waals surface area contributed by atoms with E-state index in [0.29, 0.717) is 11.0 Å². The van der Waals surface area contributed by atoms with Crippen molar-refractivity contribution in [2.24, 2.45) is 0 Å². The van der Waals surface area contributed by atoms with Crippen molar-refractivity contribution < 1.29 is 0 Å². The summed E-state index contributed by atoms with van der Waals surface area (Å²) in [7, 11) is 0. The van der Waals surface area contributed by atoms with E-state index in [1.807, 2.05) is 30.3 Å². The Labute approximate surface area is 139 Å². The molecule has 116 valence electrons. The maximum Gasteiger partial charge on any atom is 0.171 e. The van der Waals surface area contributed by atoms with Crippen LogP contribution in [0.15, 0.2) is 54.6 Å². The normalized spacial score (nSPS) is 12.0. The van der Waals surface area contributed by atoms with Gasteiger partial charge in [0.2, 0.25) is 0 Å². The van der Waals surface area contributed by atoms with Crippen molar-refractivity contribution in [2.75, 3.05) is 5.32 Å². The highest BCUT2D eigenvalue weighted by atomic mass is 32.1. The summed E-state index contributed by atoms with van der Waals surface area (Å²) >= 11 is 5.42. The van der Waals surface area contributed by atoms with Gasteiger partial charge in [0.25, 0.3) is 0 Å². The van der Waals surface area contributed by atoms with Crippen LogP contribution in [0.1, 0.15) is 50.3 Å². The minimum Gasteiger partial charge on any atom is -0.356 e. The van der Waals surface area contributed by atoms with Crippen molar-refractivity contribution in [2.45, 2.75) is 39.2 Å². The van der Waals surface area contributed by atoms with E-state index in [9.17, 15) is 0 Å². The van der Waals surface area contributed by atoms with Crippen LogP contribution in [0.4, 0.5) is 5.69 Å². The quantitative estimate of drug-likeness (QED) is 0.738.